The Labute approximate surface area is 128 Å². The van der Waals surface area contributed by atoms with Gasteiger partial charge in [0.15, 0.2) is 0 Å². The van der Waals surface area contributed by atoms with Gasteiger partial charge >= 0.3 is 0 Å². The minimum Gasteiger partial charge on any atom is -0.496 e. The highest BCUT2D eigenvalue weighted by atomic mass is 16.5. The van der Waals surface area contributed by atoms with E-state index in [4.69, 9.17) is 4.74 Å². The van der Waals surface area contributed by atoms with Crippen LogP contribution in [-0.4, -0.2) is 30.4 Å². The summed E-state index contributed by atoms with van der Waals surface area (Å²) in [5, 5.41) is 13.8. The fraction of sp³-hybridized carbons (Fsp3) is 0.667. The highest BCUT2D eigenvalue weighted by Gasteiger charge is 2.33. The smallest absolute Gasteiger partial charge is 0.122 e. The molecule has 0 heterocycles. The molecule has 0 bridgehead atoms. The molecule has 0 saturated heterocycles. The number of nitrogens with one attached hydrogen (secondary N) is 1. The fourth-order valence-corrected chi connectivity index (χ4v) is 3.36. The van der Waals surface area contributed by atoms with Crippen molar-refractivity contribution < 1.29 is 9.84 Å². The molecule has 1 saturated carbocycles. The quantitative estimate of drug-likeness (QED) is 0.809. The summed E-state index contributed by atoms with van der Waals surface area (Å²) < 4.78 is 5.43. The number of benzene rings is 1. The second-order valence-corrected chi connectivity index (χ2v) is 7.08. The van der Waals surface area contributed by atoms with Crippen molar-refractivity contribution in [1.82, 2.24) is 5.32 Å². The highest BCUT2D eigenvalue weighted by Crippen LogP contribution is 2.41. The van der Waals surface area contributed by atoms with Crippen molar-refractivity contribution in [2.45, 2.75) is 57.6 Å². The molecule has 21 heavy (non-hydrogen) atoms. The summed E-state index contributed by atoms with van der Waals surface area (Å²) in [6.45, 7) is 6.90. The Morgan fingerprint density at radius 3 is 2.62 bits per heavy atom. The maximum Gasteiger partial charge on any atom is 0.122 e. The zero-order chi connectivity index (χ0) is 15.5. The van der Waals surface area contributed by atoms with Gasteiger partial charge in [-0.15, -0.1) is 0 Å². The molecule has 2 rings (SSSR count). The number of para-hydroxylation sites is 1. The number of hydrogen-bond acceptors (Lipinski definition) is 3. The minimum atomic E-state index is -0.607. The lowest BCUT2D eigenvalue weighted by molar-refractivity contribution is 0.0319. The molecule has 0 aliphatic heterocycles. The van der Waals surface area contributed by atoms with Crippen LogP contribution in [0.4, 0.5) is 0 Å². The third-order valence-corrected chi connectivity index (χ3v) is 4.34. The average molecular weight is 291 g/mol. The zero-order valence-corrected chi connectivity index (χ0v) is 13.7. The monoisotopic (exact) mass is 291 g/mol. The summed E-state index contributed by atoms with van der Waals surface area (Å²) in [5.74, 6) is 2.09. The standard InChI is InChI=1S/C18H29NO2/c1-13(2)11-18(3,20)12-19-15-9-14(10-15)16-7-5-6-8-17(16)21-4/h5-8,13-15,19-20H,9-12H2,1-4H3. The van der Waals surface area contributed by atoms with Crippen molar-refractivity contribution in [2.24, 2.45) is 5.92 Å². The van der Waals surface area contributed by atoms with Crippen LogP contribution in [0.3, 0.4) is 0 Å². The van der Waals surface area contributed by atoms with Crippen LogP contribution >= 0.6 is 0 Å². The summed E-state index contributed by atoms with van der Waals surface area (Å²) >= 11 is 0. The Balaban J connectivity index is 1.79. The van der Waals surface area contributed by atoms with Gasteiger partial charge in [0.05, 0.1) is 12.7 Å². The van der Waals surface area contributed by atoms with E-state index >= 15 is 0 Å². The van der Waals surface area contributed by atoms with Crippen LogP contribution in [0.15, 0.2) is 24.3 Å². The third kappa shape index (κ3) is 4.45. The molecule has 1 fully saturated rings. The van der Waals surface area contributed by atoms with Crippen molar-refractivity contribution >= 4 is 0 Å². The predicted molar refractivity (Wildman–Crippen MR) is 86.8 cm³/mol. The summed E-state index contributed by atoms with van der Waals surface area (Å²) in [5.41, 5.74) is 0.705. The largest absolute Gasteiger partial charge is 0.496 e. The minimum absolute atomic E-state index is 0.513. The van der Waals surface area contributed by atoms with Gasteiger partial charge in [0.1, 0.15) is 5.75 Å². The van der Waals surface area contributed by atoms with Gasteiger partial charge in [-0.2, -0.15) is 0 Å². The Hall–Kier alpha value is -1.06. The molecule has 1 aliphatic rings. The molecule has 1 aromatic carbocycles. The summed E-state index contributed by atoms with van der Waals surface area (Å²) in [6, 6.07) is 8.79. The van der Waals surface area contributed by atoms with E-state index in [2.05, 4.69) is 31.3 Å². The number of aliphatic hydroxyl groups is 1. The van der Waals surface area contributed by atoms with Crippen molar-refractivity contribution in [3.05, 3.63) is 29.8 Å². The molecule has 2 N–H and O–H groups in total. The van der Waals surface area contributed by atoms with Crippen LogP contribution < -0.4 is 10.1 Å². The molecule has 3 heteroatoms. The number of hydrogen-bond donors (Lipinski definition) is 2. The predicted octanol–water partition coefficient (Wildman–Crippen LogP) is 3.33. The SMILES string of the molecule is COc1ccccc1C1CC(NCC(C)(O)CC(C)C)C1. The Kier molecular flexibility index (Phi) is 5.28. The lowest BCUT2D eigenvalue weighted by Crippen LogP contribution is -2.47. The van der Waals surface area contributed by atoms with E-state index in [-0.39, 0.29) is 0 Å². The first-order valence-electron chi connectivity index (χ1n) is 8.00. The normalized spacial score (nSPS) is 24.5. The van der Waals surface area contributed by atoms with Crippen molar-refractivity contribution in [3.63, 3.8) is 0 Å². The molecule has 1 aromatic rings. The molecule has 1 atom stereocenters. The van der Waals surface area contributed by atoms with E-state index in [9.17, 15) is 5.11 Å². The van der Waals surface area contributed by atoms with Gasteiger partial charge in [-0.1, -0.05) is 32.0 Å². The maximum atomic E-state index is 10.3. The van der Waals surface area contributed by atoms with E-state index in [0.29, 0.717) is 24.4 Å². The number of methoxy groups -OCH3 is 1. The van der Waals surface area contributed by atoms with E-state index in [0.717, 1.165) is 25.0 Å². The van der Waals surface area contributed by atoms with Gasteiger partial charge in [-0.3, -0.25) is 0 Å². The van der Waals surface area contributed by atoms with Crippen LogP contribution in [0.2, 0.25) is 0 Å². The van der Waals surface area contributed by atoms with Crippen molar-refractivity contribution in [2.75, 3.05) is 13.7 Å². The fourth-order valence-electron chi connectivity index (χ4n) is 3.36. The second kappa shape index (κ2) is 6.80. The molecular formula is C18H29NO2. The van der Waals surface area contributed by atoms with Gasteiger partial charge in [-0.05, 0) is 49.7 Å². The first-order valence-corrected chi connectivity index (χ1v) is 8.00. The van der Waals surface area contributed by atoms with Gasteiger partial charge in [0, 0.05) is 12.6 Å². The van der Waals surface area contributed by atoms with Crippen molar-refractivity contribution in [3.8, 4) is 5.75 Å². The lowest BCUT2D eigenvalue weighted by Gasteiger charge is -2.39. The van der Waals surface area contributed by atoms with Crippen LogP contribution in [-0.2, 0) is 0 Å². The van der Waals surface area contributed by atoms with E-state index < -0.39 is 5.60 Å². The second-order valence-electron chi connectivity index (χ2n) is 7.08. The van der Waals surface area contributed by atoms with Gasteiger partial charge in [0.2, 0.25) is 0 Å². The van der Waals surface area contributed by atoms with E-state index in [1.807, 2.05) is 19.1 Å². The zero-order valence-electron chi connectivity index (χ0n) is 13.7. The first kappa shape index (κ1) is 16.3. The Bertz CT molecular complexity index is 450. The van der Waals surface area contributed by atoms with Gasteiger partial charge in [0.25, 0.3) is 0 Å². The van der Waals surface area contributed by atoms with Gasteiger partial charge in [-0.25, -0.2) is 0 Å². The Morgan fingerprint density at radius 2 is 2.00 bits per heavy atom. The topological polar surface area (TPSA) is 41.5 Å². The lowest BCUT2D eigenvalue weighted by atomic mass is 9.75. The number of rotatable bonds is 7. The molecule has 0 radical (unpaired) electrons. The Morgan fingerprint density at radius 1 is 1.33 bits per heavy atom. The maximum absolute atomic E-state index is 10.3. The molecule has 1 unspecified atom stereocenters. The third-order valence-electron chi connectivity index (χ3n) is 4.34. The molecular weight excluding hydrogens is 262 g/mol. The van der Waals surface area contributed by atoms with Crippen LogP contribution in [0.1, 0.15) is 51.5 Å². The average Bonchev–Trinajstić information content (AvgIpc) is 2.35. The molecule has 1 aliphatic carbocycles. The molecule has 3 nitrogen and oxygen atoms in total. The van der Waals surface area contributed by atoms with Gasteiger partial charge < -0.3 is 15.2 Å². The van der Waals surface area contributed by atoms with Crippen molar-refractivity contribution in [1.29, 1.82) is 0 Å². The summed E-state index contributed by atoms with van der Waals surface area (Å²) in [7, 11) is 1.73. The first-order chi connectivity index (χ1) is 9.91. The van der Waals surface area contributed by atoms with Crippen LogP contribution in [0.25, 0.3) is 0 Å². The number of ether oxygens (including phenoxy) is 1. The van der Waals surface area contributed by atoms with Crippen LogP contribution in [0, 0.1) is 5.92 Å². The summed E-state index contributed by atoms with van der Waals surface area (Å²) in [4.78, 5) is 0. The molecule has 0 amide bonds. The highest BCUT2D eigenvalue weighted by molar-refractivity contribution is 5.37. The van der Waals surface area contributed by atoms with E-state index in [1.54, 1.807) is 7.11 Å². The molecule has 0 spiro atoms. The van der Waals surface area contributed by atoms with E-state index in [1.165, 1.54) is 5.56 Å². The van der Waals surface area contributed by atoms with Crippen LogP contribution in [0.5, 0.6) is 5.75 Å². The molecule has 118 valence electrons. The summed E-state index contributed by atoms with van der Waals surface area (Å²) in [6.07, 6.45) is 3.08. The molecule has 0 aromatic heterocycles.